The molecule has 22 heavy (non-hydrogen) atoms. The van der Waals surface area contributed by atoms with Crippen LogP contribution in [-0.4, -0.2) is 30.6 Å². The summed E-state index contributed by atoms with van der Waals surface area (Å²) in [6, 6.07) is 1.91. The molecule has 0 radical (unpaired) electrons. The van der Waals surface area contributed by atoms with Gasteiger partial charge in [0, 0.05) is 20.3 Å². The molecule has 3 rings (SSSR count). The van der Waals surface area contributed by atoms with Gasteiger partial charge in [-0.25, -0.2) is 4.90 Å². The molecule has 0 aromatic carbocycles. The third-order valence-electron chi connectivity index (χ3n) is 3.44. The van der Waals surface area contributed by atoms with Crippen LogP contribution in [0.25, 0.3) is 6.08 Å². The van der Waals surface area contributed by atoms with Crippen molar-refractivity contribution >= 4 is 35.0 Å². The molecule has 0 aliphatic carbocycles. The van der Waals surface area contributed by atoms with Crippen LogP contribution in [0.2, 0.25) is 0 Å². The predicted molar refractivity (Wildman–Crippen MR) is 87.1 cm³/mol. The first-order valence-electron chi connectivity index (χ1n) is 6.75. The molecular weight excluding hydrogens is 300 g/mol. The van der Waals surface area contributed by atoms with Crippen LogP contribution in [0.5, 0.6) is 0 Å². The van der Waals surface area contributed by atoms with Crippen molar-refractivity contribution < 1.29 is 4.79 Å². The highest BCUT2D eigenvalue weighted by Crippen LogP contribution is 2.24. The van der Waals surface area contributed by atoms with Crippen LogP contribution in [0.4, 0.5) is 5.69 Å². The molecule has 1 aliphatic rings. The van der Waals surface area contributed by atoms with E-state index in [2.05, 4.69) is 15.5 Å². The van der Waals surface area contributed by atoms with Gasteiger partial charge >= 0.3 is 0 Å². The number of nitrogens with one attached hydrogen (secondary N) is 1. The molecule has 1 saturated heterocycles. The lowest BCUT2D eigenvalue weighted by molar-refractivity contribution is -0.113. The lowest BCUT2D eigenvalue weighted by Crippen LogP contribution is -2.30. The normalized spacial score (nSPS) is 16.7. The summed E-state index contributed by atoms with van der Waals surface area (Å²) in [5.41, 5.74) is 3.59. The van der Waals surface area contributed by atoms with Gasteiger partial charge in [0.25, 0.3) is 5.91 Å². The summed E-state index contributed by atoms with van der Waals surface area (Å²) in [5.74, 6) is -0.194. The Morgan fingerprint density at radius 2 is 2.00 bits per heavy atom. The molecule has 0 spiro atoms. The first kappa shape index (κ1) is 14.5. The summed E-state index contributed by atoms with van der Waals surface area (Å²) in [5, 5.41) is 11.8. The first-order valence-corrected chi connectivity index (χ1v) is 7.15. The van der Waals surface area contributed by atoms with Gasteiger partial charge in [-0.3, -0.25) is 14.2 Å². The Balaban J connectivity index is 1.98. The van der Waals surface area contributed by atoms with E-state index in [1.54, 1.807) is 21.6 Å². The summed E-state index contributed by atoms with van der Waals surface area (Å²) in [7, 11) is 3.64. The summed E-state index contributed by atoms with van der Waals surface area (Å²) >= 11 is 5.29. The molecule has 0 unspecified atom stereocenters. The summed E-state index contributed by atoms with van der Waals surface area (Å²) in [6.45, 7) is 3.75. The van der Waals surface area contributed by atoms with E-state index in [9.17, 15) is 4.79 Å². The van der Waals surface area contributed by atoms with Crippen LogP contribution in [0.15, 0.2) is 18.0 Å². The van der Waals surface area contributed by atoms with E-state index in [-0.39, 0.29) is 5.91 Å². The molecule has 1 N–H and O–H groups in total. The maximum atomic E-state index is 12.6. The Hall–Kier alpha value is -2.48. The quantitative estimate of drug-likeness (QED) is 0.662. The zero-order valence-electron chi connectivity index (χ0n) is 12.8. The monoisotopic (exact) mass is 316 g/mol. The molecule has 0 saturated carbocycles. The minimum Gasteiger partial charge on any atom is -0.327 e. The molecule has 0 atom stereocenters. The van der Waals surface area contributed by atoms with Gasteiger partial charge in [0.05, 0.1) is 22.8 Å². The fourth-order valence-electron chi connectivity index (χ4n) is 2.47. The Morgan fingerprint density at radius 3 is 2.55 bits per heavy atom. The van der Waals surface area contributed by atoms with E-state index in [4.69, 9.17) is 12.2 Å². The number of aryl methyl sites for hydroxylation is 4. The van der Waals surface area contributed by atoms with Crippen molar-refractivity contribution in [2.24, 2.45) is 14.1 Å². The molecule has 114 valence electrons. The van der Waals surface area contributed by atoms with Gasteiger partial charge < -0.3 is 5.32 Å². The SMILES string of the molecule is Cc1cc(/C=C2/NC(=S)N(c3cn(C)nc3C)C2=O)n(C)n1. The molecule has 3 heterocycles. The molecule has 8 heteroatoms. The summed E-state index contributed by atoms with van der Waals surface area (Å²) < 4.78 is 3.38. The third kappa shape index (κ3) is 2.31. The smallest absolute Gasteiger partial charge is 0.281 e. The predicted octanol–water partition coefficient (Wildman–Crippen LogP) is 1.03. The zero-order valence-corrected chi connectivity index (χ0v) is 13.6. The van der Waals surface area contributed by atoms with E-state index in [0.717, 1.165) is 17.1 Å². The van der Waals surface area contributed by atoms with Gasteiger partial charge in [-0.05, 0) is 38.2 Å². The molecule has 1 fully saturated rings. The average Bonchev–Trinajstić information content (AvgIpc) is 2.99. The fraction of sp³-hybridized carbons (Fsp3) is 0.286. The largest absolute Gasteiger partial charge is 0.327 e. The van der Waals surface area contributed by atoms with Gasteiger partial charge in [-0.2, -0.15) is 10.2 Å². The van der Waals surface area contributed by atoms with Crippen LogP contribution in [-0.2, 0) is 18.9 Å². The topological polar surface area (TPSA) is 68.0 Å². The second-order valence-electron chi connectivity index (χ2n) is 5.24. The molecule has 7 nitrogen and oxygen atoms in total. The second kappa shape index (κ2) is 5.06. The number of amides is 1. The minimum absolute atomic E-state index is 0.194. The van der Waals surface area contributed by atoms with Gasteiger partial charge in [0.1, 0.15) is 5.70 Å². The van der Waals surface area contributed by atoms with Gasteiger partial charge in [-0.1, -0.05) is 0 Å². The number of anilines is 1. The number of carbonyl (C=O) groups excluding carboxylic acids is 1. The van der Waals surface area contributed by atoms with Crippen molar-refractivity contribution in [2.45, 2.75) is 13.8 Å². The number of nitrogens with zero attached hydrogens (tertiary/aromatic N) is 5. The van der Waals surface area contributed by atoms with E-state index in [1.807, 2.05) is 34.0 Å². The highest BCUT2D eigenvalue weighted by Gasteiger charge is 2.34. The van der Waals surface area contributed by atoms with Gasteiger partial charge in [-0.15, -0.1) is 0 Å². The highest BCUT2D eigenvalue weighted by molar-refractivity contribution is 7.80. The second-order valence-corrected chi connectivity index (χ2v) is 5.62. The van der Waals surface area contributed by atoms with E-state index in [1.165, 1.54) is 4.90 Å². The van der Waals surface area contributed by atoms with E-state index >= 15 is 0 Å². The van der Waals surface area contributed by atoms with Crippen molar-refractivity contribution in [1.29, 1.82) is 0 Å². The van der Waals surface area contributed by atoms with Crippen molar-refractivity contribution in [3.63, 3.8) is 0 Å². The molecule has 2 aromatic heterocycles. The maximum absolute atomic E-state index is 12.6. The highest BCUT2D eigenvalue weighted by atomic mass is 32.1. The number of hydrogen-bond donors (Lipinski definition) is 1. The van der Waals surface area contributed by atoms with E-state index in [0.29, 0.717) is 16.5 Å². The standard InChI is InChI=1S/C14H16N6OS/c1-8-5-10(19(4)16-8)6-11-13(21)20(14(22)15-11)12-7-18(3)17-9(12)2/h5-7H,1-4H3,(H,15,22)/b11-6+. The molecule has 2 aromatic rings. The Kier molecular flexibility index (Phi) is 3.32. The van der Waals surface area contributed by atoms with Crippen molar-refractivity contribution in [3.05, 3.63) is 35.0 Å². The number of thiocarbonyl (C=S) groups is 1. The van der Waals surface area contributed by atoms with Gasteiger partial charge in [0.15, 0.2) is 5.11 Å². The molecule has 1 aliphatic heterocycles. The lowest BCUT2D eigenvalue weighted by Gasteiger charge is -2.11. The van der Waals surface area contributed by atoms with Crippen molar-refractivity contribution in [2.75, 3.05) is 4.90 Å². The Labute approximate surface area is 133 Å². The van der Waals surface area contributed by atoms with Gasteiger partial charge in [0.2, 0.25) is 0 Å². The number of rotatable bonds is 2. The first-order chi connectivity index (χ1) is 10.4. The van der Waals surface area contributed by atoms with Crippen LogP contribution >= 0.6 is 12.2 Å². The van der Waals surface area contributed by atoms with Crippen molar-refractivity contribution in [3.8, 4) is 0 Å². The molecule has 1 amide bonds. The average molecular weight is 316 g/mol. The number of aromatic nitrogens is 4. The molecule has 0 bridgehead atoms. The van der Waals surface area contributed by atoms with Crippen LogP contribution in [0.3, 0.4) is 0 Å². The number of carbonyl (C=O) groups is 1. The lowest BCUT2D eigenvalue weighted by atomic mass is 10.3. The Bertz CT molecular complexity index is 815. The van der Waals surface area contributed by atoms with Crippen molar-refractivity contribution in [1.82, 2.24) is 24.9 Å². The minimum atomic E-state index is -0.194. The zero-order chi connectivity index (χ0) is 16.0. The number of hydrogen-bond acceptors (Lipinski definition) is 4. The maximum Gasteiger partial charge on any atom is 0.281 e. The fourth-order valence-corrected chi connectivity index (χ4v) is 2.77. The molecular formula is C14H16N6OS. The Morgan fingerprint density at radius 1 is 1.27 bits per heavy atom. The summed E-state index contributed by atoms with van der Waals surface area (Å²) in [4.78, 5) is 14.1. The van der Waals surface area contributed by atoms with E-state index < -0.39 is 0 Å². The summed E-state index contributed by atoms with van der Waals surface area (Å²) in [6.07, 6.45) is 3.53. The third-order valence-corrected chi connectivity index (χ3v) is 3.72. The van der Waals surface area contributed by atoms with Crippen LogP contribution < -0.4 is 10.2 Å². The van der Waals surface area contributed by atoms with Crippen LogP contribution in [0.1, 0.15) is 17.1 Å². The van der Waals surface area contributed by atoms with Crippen LogP contribution in [0, 0.1) is 13.8 Å².